The van der Waals surface area contributed by atoms with Crippen molar-refractivity contribution in [3.63, 3.8) is 0 Å². The molecule has 8 nitrogen and oxygen atoms in total. The summed E-state index contributed by atoms with van der Waals surface area (Å²) >= 11 is 0. The highest BCUT2D eigenvalue weighted by atomic mass is 16.6. The van der Waals surface area contributed by atoms with Gasteiger partial charge in [-0.3, -0.25) is 19.7 Å². The third-order valence-corrected chi connectivity index (χ3v) is 4.90. The minimum absolute atomic E-state index is 0.0474. The largest absolute Gasteiger partial charge is 0.366 e. The van der Waals surface area contributed by atoms with Crippen LogP contribution in [0.25, 0.3) is 0 Å². The second-order valence-electron chi connectivity index (χ2n) is 6.86. The van der Waals surface area contributed by atoms with Gasteiger partial charge < -0.3 is 15.5 Å². The van der Waals surface area contributed by atoms with Gasteiger partial charge in [-0.25, -0.2) is 0 Å². The van der Waals surface area contributed by atoms with E-state index in [1.54, 1.807) is 12.1 Å². The molecule has 2 amide bonds. The molecule has 0 unspecified atom stereocenters. The number of hydrogen-bond acceptors (Lipinski definition) is 5. The molecule has 26 heavy (non-hydrogen) atoms. The SMILES string of the molecule is CCNC(=O)C1CCN(c2ccc(C(=O)NC3CC3)cc2[N+](=O)[O-])CC1. The van der Waals surface area contributed by atoms with Crippen molar-refractivity contribution >= 4 is 23.2 Å². The van der Waals surface area contributed by atoms with Crippen molar-refractivity contribution in [3.05, 3.63) is 33.9 Å². The predicted molar refractivity (Wildman–Crippen MR) is 97.2 cm³/mol. The van der Waals surface area contributed by atoms with Gasteiger partial charge in [0, 0.05) is 43.2 Å². The molecule has 1 aromatic rings. The molecule has 1 saturated heterocycles. The number of amides is 2. The zero-order valence-corrected chi connectivity index (χ0v) is 14.9. The fourth-order valence-electron chi connectivity index (χ4n) is 3.28. The van der Waals surface area contributed by atoms with Gasteiger partial charge in [0.05, 0.1) is 4.92 Å². The molecule has 1 aliphatic carbocycles. The number of benzene rings is 1. The number of hydrogen-bond donors (Lipinski definition) is 2. The number of nitrogens with one attached hydrogen (secondary N) is 2. The second kappa shape index (κ2) is 7.72. The molecule has 0 aromatic heterocycles. The lowest BCUT2D eigenvalue weighted by Crippen LogP contribution is -2.40. The summed E-state index contributed by atoms with van der Waals surface area (Å²) in [5.74, 6) is -0.264. The molecule has 1 heterocycles. The van der Waals surface area contributed by atoms with Crippen molar-refractivity contribution in [2.45, 2.75) is 38.6 Å². The topological polar surface area (TPSA) is 105 Å². The number of nitro groups is 1. The molecular formula is C18H24N4O4. The first-order chi connectivity index (χ1) is 12.5. The number of nitrogens with zero attached hydrogens (tertiary/aromatic N) is 2. The number of carbonyl (C=O) groups excluding carboxylic acids is 2. The van der Waals surface area contributed by atoms with Crippen LogP contribution in [0.2, 0.25) is 0 Å². The molecule has 0 atom stereocenters. The van der Waals surface area contributed by atoms with E-state index in [0.717, 1.165) is 12.8 Å². The van der Waals surface area contributed by atoms with E-state index in [9.17, 15) is 19.7 Å². The van der Waals surface area contributed by atoms with Crippen LogP contribution in [-0.4, -0.2) is 42.4 Å². The van der Waals surface area contributed by atoms with E-state index in [1.165, 1.54) is 6.07 Å². The number of carbonyl (C=O) groups is 2. The molecular weight excluding hydrogens is 336 g/mol. The first kappa shape index (κ1) is 18.2. The standard InChI is InChI=1S/C18H24N4O4/c1-2-19-17(23)12-7-9-21(10-8-12)15-6-3-13(11-16(15)22(25)26)18(24)20-14-4-5-14/h3,6,11-12,14H,2,4-5,7-10H2,1H3,(H,19,23)(H,20,24). The number of piperidine rings is 1. The highest BCUT2D eigenvalue weighted by molar-refractivity contribution is 5.96. The third-order valence-electron chi connectivity index (χ3n) is 4.90. The van der Waals surface area contributed by atoms with Crippen LogP contribution in [0.5, 0.6) is 0 Å². The number of rotatable bonds is 6. The van der Waals surface area contributed by atoms with Gasteiger partial charge in [-0.15, -0.1) is 0 Å². The lowest BCUT2D eigenvalue weighted by molar-refractivity contribution is -0.384. The highest BCUT2D eigenvalue weighted by Crippen LogP contribution is 2.32. The van der Waals surface area contributed by atoms with Crippen molar-refractivity contribution in [1.82, 2.24) is 10.6 Å². The summed E-state index contributed by atoms with van der Waals surface area (Å²) in [6, 6.07) is 4.83. The Morgan fingerprint density at radius 3 is 2.50 bits per heavy atom. The third kappa shape index (κ3) is 4.12. The molecule has 2 aliphatic rings. The van der Waals surface area contributed by atoms with Gasteiger partial charge in [-0.2, -0.15) is 0 Å². The quantitative estimate of drug-likeness (QED) is 0.595. The van der Waals surface area contributed by atoms with Gasteiger partial charge in [-0.05, 0) is 44.7 Å². The van der Waals surface area contributed by atoms with Crippen molar-refractivity contribution in [1.29, 1.82) is 0 Å². The second-order valence-corrected chi connectivity index (χ2v) is 6.86. The van der Waals surface area contributed by atoms with Crippen LogP contribution in [0.1, 0.15) is 43.0 Å². The van der Waals surface area contributed by atoms with E-state index in [4.69, 9.17) is 0 Å². The van der Waals surface area contributed by atoms with Gasteiger partial charge in [0.15, 0.2) is 0 Å². The smallest absolute Gasteiger partial charge is 0.293 e. The maximum Gasteiger partial charge on any atom is 0.293 e. The van der Waals surface area contributed by atoms with Gasteiger partial charge in [0.2, 0.25) is 5.91 Å². The number of nitro benzene ring substituents is 1. The maximum absolute atomic E-state index is 12.1. The van der Waals surface area contributed by atoms with Gasteiger partial charge >= 0.3 is 0 Å². The summed E-state index contributed by atoms with van der Waals surface area (Å²) in [6.45, 7) is 3.65. The molecule has 3 rings (SSSR count). The predicted octanol–water partition coefficient (Wildman–Crippen LogP) is 1.84. The zero-order valence-electron chi connectivity index (χ0n) is 14.9. The molecule has 1 aliphatic heterocycles. The van der Waals surface area contributed by atoms with Crippen LogP contribution in [0.4, 0.5) is 11.4 Å². The van der Waals surface area contributed by atoms with E-state index in [-0.39, 0.29) is 29.5 Å². The van der Waals surface area contributed by atoms with Crippen LogP contribution >= 0.6 is 0 Å². The van der Waals surface area contributed by atoms with Crippen molar-refractivity contribution in [3.8, 4) is 0 Å². The van der Waals surface area contributed by atoms with Crippen LogP contribution < -0.4 is 15.5 Å². The van der Waals surface area contributed by atoms with E-state index in [0.29, 0.717) is 43.7 Å². The number of anilines is 1. The maximum atomic E-state index is 12.1. The molecule has 1 aromatic carbocycles. The first-order valence-electron chi connectivity index (χ1n) is 9.11. The fraction of sp³-hybridized carbons (Fsp3) is 0.556. The summed E-state index contributed by atoms with van der Waals surface area (Å²) in [5.41, 5.74) is 0.752. The Kier molecular flexibility index (Phi) is 5.39. The van der Waals surface area contributed by atoms with Gasteiger partial charge in [-0.1, -0.05) is 0 Å². The van der Waals surface area contributed by atoms with Crippen molar-refractivity contribution in [2.75, 3.05) is 24.5 Å². The van der Waals surface area contributed by atoms with Crippen molar-refractivity contribution < 1.29 is 14.5 Å². The minimum atomic E-state index is -0.445. The van der Waals surface area contributed by atoms with Crippen LogP contribution in [0, 0.1) is 16.0 Å². The summed E-state index contributed by atoms with van der Waals surface area (Å²) in [7, 11) is 0. The molecule has 2 fully saturated rings. The Bertz CT molecular complexity index is 709. The fourth-order valence-corrected chi connectivity index (χ4v) is 3.28. The van der Waals surface area contributed by atoms with E-state index < -0.39 is 4.92 Å². The van der Waals surface area contributed by atoms with Gasteiger partial charge in [0.1, 0.15) is 5.69 Å². The van der Waals surface area contributed by atoms with E-state index in [2.05, 4.69) is 10.6 Å². The lowest BCUT2D eigenvalue weighted by atomic mass is 9.95. The summed E-state index contributed by atoms with van der Waals surface area (Å²) in [5, 5.41) is 17.2. The van der Waals surface area contributed by atoms with Crippen molar-refractivity contribution in [2.24, 2.45) is 5.92 Å². The van der Waals surface area contributed by atoms with E-state index >= 15 is 0 Å². The van der Waals surface area contributed by atoms with Gasteiger partial charge in [0.25, 0.3) is 11.6 Å². The first-order valence-corrected chi connectivity index (χ1v) is 9.11. The Balaban J connectivity index is 1.72. The molecule has 8 heteroatoms. The average molecular weight is 360 g/mol. The average Bonchev–Trinajstić information content (AvgIpc) is 3.45. The molecule has 2 N–H and O–H groups in total. The van der Waals surface area contributed by atoms with Crippen LogP contribution in [0.3, 0.4) is 0 Å². The summed E-state index contributed by atoms with van der Waals surface area (Å²) in [4.78, 5) is 37.1. The molecule has 0 spiro atoms. The highest BCUT2D eigenvalue weighted by Gasteiger charge is 2.29. The lowest BCUT2D eigenvalue weighted by Gasteiger charge is -2.32. The monoisotopic (exact) mass is 360 g/mol. The van der Waals surface area contributed by atoms with Crippen LogP contribution in [0.15, 0.2) is 18.2 Å². The molecule has 0 bridgehead atoms. The normalized spacial score (nSPS) is 17.7. The minimum Gasteiger partial charge on any atom is -0.366 e. The molecule has 0 radical (unpaired) electrons. The summed E-state index contributed by atoms with van der Waals surface area (Å²) < 4.78 is 0. The molecule has 1 saturated carbocycles. The Hall–Kier alpha value is -2.64. The Labute approximate surface area is 152 Å². The Morgan fingerprint density at radius 1 is 1.23 bits per heavy atom. The zero-order chi connectivity index (χ0) is 18.7. The Morgan fingerprint density at radius 2 is 1.92 bits per heavy atom. The van der Waals surface area contributed by atoms with E-state index in [1.807, 2.05) is 11.8 Å². The van der Waals surface area contributed by atoms with Crippen LogP contribution in [-0.2, 0) is 4.79 Å². The molecule has 140 valence electrons. The summed E-state index contributed by atoms with van der Waals surface area (Å²) in [6.07, 6.45) is 3.25.